The van der Waals surface area contributed by atoms with Crippen molar-refractivity contribution in [2.24, 2.45) is 0 Å². The van der Waals surface area contributed by atoms with E-state index in [1.165, 1.54) is 11.8 Å². The van der Waals surface area contributed by atoms with Crippen LogP contribution in [-0.2, 0) is 9.59 Å². The molecule has 1 aromatic carbocycles. The van der Waals surface area contributed by atoms with Crippen LogP contribution in [0.15, 0.2) is 29.2 Å². The first-order chi connectivity index (χ1) is 8.15. The topological polar surface area (TPSA) is 78.4 Å². The Morgan fingerprint density at radius 2 is 2.12 bits per heavy atom. The highest BCUT2D eigenvalue weighted by Crippen LogP contribution is 2.36. The van der Waals surface area contributed by atoms with Gasteiger partial charge in [0.05, 0.1) is 12.1 Å². The Bertz CT molecular complexity index is 425. The summed E-state index contributed by atoms with van der Waals surface area (Å²) in [5.41, 5.74) is 0.773. The van der Waals surface area contributed by atoms with Gasteiger partial charge in [-0.05, 0) is 12.1 Å². The maximum atomic E-state index is 11.4. The molecule has 1 unspecified atom stereocenters. The van der Waals surface area contributed by atoms with Crippen LogP contribution < -0.4 is 10.6 Å². The van der Waals surface area contributed by atoms with E-state index in [1.807, 2.05) is 24.3 Å². The number of aliphatic carboxylic acids is 1. The molecule has 0 fully saturated rings. The summed E-state index contributed by atoms with van der Waals surface area (Å²) >= 11 is 1.51. The first-order valence-corrected chi connectivity index (χ1v) is 6.06. The number of fused-ring (bicyclic) bond motifs is 1. The second-order valence-corrected chi connectivity index (χ2v) is 4.75. The third-order valence-corrected chi connectivity index (χ3v) is 3.36. The molecule has 0 spiro atoms. The number of hydrogen-bond acceptors (Lipinski definition) is 4. The fourth-order valence-corrected chi connectivity index (χ4v) is 2.53. The molecular weight excluding hydrogens is 240 g/mol. The Labute approximate surface area is 103 Å². The molecule has 1 heterocycles. The average molecular weight is 252 g/mol. The number of carboxylic acid groups (broad SMARTS) is 1. The lowest BCUT2D eigenvalue weighted by molar-refractivity contribution is -0.138. The van der Waals surface area contributed by atoms with Gasteiger partial charge in [0.15, 0.2) is 5.50 Å². The number of nitrogens with one attached hydrogen (secondary N) is 2. The van der Waals surface area contributed by atoms with E-state index in [4.69, 9.17) is 5.11 Å². The Morgan fingerprint density at radius 3 is 2.82 bits per heavy atom. The highest BCUT2D eigenvalue weighted by Gasteiger charge is 2.22. The van der Waals surface area contributed by atoms with Gasteiger partial charge < -0.3 is 15.7 Å². The van der Waals surface area contributed by atoms with E-state index in [2.05, 4.69) is 10.6 Å². The zero-order valence-electron chi connectivity index (χ0n) is 8.97. The van der Waals surface area contributed by atoms with Crippen molar-refractivity contribution in [3.8, 4) is 0 Å². The quantitative estimate of drug-likeness (QED) is 0.756. The van der Waals surface area contributed by atoms with Gasteiger partial charge in [0.1, 0.15) is 0 Å². The largest absolute Gasteiger partial charge is 0.481 e. The molecule has 90 valence electrons. The minimum Gasteiger partial charge on any atom is -0.481 e. The molecule has 1 aromatic rings. The average Bonchev–Trinajstić information content (AvgIpc) is 2.68. The SMILES string of the molecule is O=C(O)CCC(=O)NC1Nc2ccccc2S1. The molecule has 1 amide bonds. The molecule has 0 radical (unpaired) electrons. The van der Waals surface area contributed by atoms with Crippen molar-refractivity contribution in [3.05, 3.63) is 24.3 Å². The number of carboxylic acids is 1. The highest BCUT2D eigenvalue weighted by molar-refractivity contribution is 8.00. The number of hydrogen-bond donors (Lipinski definition) is 3. The summed E-state index contributed by atoms with van der Waals surface area (Å²) in [5, 5.41) is 14.3. The van der Waals surface area contributed by atoms with Gasteiger partial charge in [0, 0.05) is 11.3 Å². The molecule has 0 saturated carbocycles. The smallest absolute Gasteiger partial charge is 0.303 e. The molecule has 3 N–H and O–H groups in total. The lowest BCUT2D eigenvalue weighted by atomic mass is 10.3. The number of carbonyl (C=O) groups is 2. The van der Waals surface area contributed by atoms with Crippen molar-refractivity contribution in [1.82, 2.24) is 5.32 Å². The van der Waals surface area contributed by atoms with Crippen molar-refractivity contribution in [2.75, 3.05) is 5.32 Å². The van der Waals surface area contributed by atoms with Gasteiger partial charge in [-0.3, -0.25) is 9.59 Å². The number of rotatable bonds is 4. The highest BCUT2D eigenvalue weighted by atomic mass is 32.2. The predicted octanol–water partition coefficient (Wildman–Crippen LogP) is 1.47. The van der Waals surface area contributed by atoms with Crippen molar-refractivity contribution < 1.29 is 14.7 Å². The number of thioether (sulfide) groups is 1. The van der Waals surface area contributed by atoms with E-state index in [0.717, 1.165) is 10.6 Å². The standard InChI is InChI=1S/C11H12N2O3S/c14-9(5-6-10(15)16)13-11-12-7-3-1-2-4-8(7)17-11/h1-4,11-12H,5-6H2,(H,13,14)(H,15,16). The van der Waals surface area contributed by atoms with Crippen LogP contribution in [0.3, 0.4) is 0 Å². The lowest BCUT2D eigenvalue weighted by Gasteiger charge is -2.12. The molecule has 1 atom stereocenters. The Balaban J connectivity index is 1.83. The summed E-state index contributed by atoms with van der Waals surface area (Å²) < 4.78 is 0. The molecule has 0 saturated heterocycles. The number of amides is 1. The molecular formula is C11H12N2O3S. The van der Waals surface area contributed by atoms with E-state index >= 15 is 0 Å². The maximum absolute atomic E-state index is 11.4. The van der Waals surface area contributed by atoms with Gasteiger partial charge in [0.25, 0.3) is 0 Å². The van der Waals surface area contributed by atoms with E-state index in [1.54, 1.807) is 0 Å². The van der Waals surface area contributed by atoms with Crippen LogP contribution >= 0.6 is 11.8 Å². The number of anilines is 1. The van der Waals surface area contributed by atoms with Crippen molar-refractivity contribution in [2.45, 2.75) is 23.2 Å². The maximum Gasteiger partial charge on any atom is 0.303 e. The zero-order chi connectivity index (χ0) is 12.3. The fourth-order valence-electron chi connectivity index (χ4n) is 1.49. The third kappa shape index (κ3) is 3.13. The molecule has 6 heteroatoms. The summed E-state index contributed by atoms with van der Waals surface area (Å²) in [6.45, 7) is 0. The van der Waals surface area contributed by atoms with Crippen LogP contribution in [0.1, 0.15) is 12.8 Å². The van der Waals surface area contributed by atoms with Gasteiger partial charge in [-0.25, -0.2) is 0 Å². The van der Waals surface area contributed by atoms with Crippen LogP contribution in [0.2, 0.25) is 0 Å². The molecule has 17 heavy (non-hydrogen) atoms. The predicted molar refractivity (Wildman–Crippen MR) is 64.7 cm³/mol. The third-order valence-electron chi connectivity index (χ3n) is 2.28. The van der Waals surface area contributed by atoms with Crippen LogP contribution in [0.5, 0.6) is 0 Å². The van der Waals surface area contributed by atoms with Crippen LogP contribution in [-0.4, -0.2) is 22.5 Å². The van der Waals surface area contributed by atoms with E-state index < -0.39 is 5.97 Å². The molecule has 1 aliphatic rings. The molecule has 2 rings (SSSR count). The van der Waals surface area contributed by atoms with Crippen LogP contribution in [0.4, 0.5) is 5.69 Å². The van der Waals surface area contributed by atoms with Crippen LogP contribution in [0, 0.1) is 0 Å². The van der Waals surface area contributed by atoms with Crippen molar-refractivity contribution >= 4 is 29.3 Å². The molecule has 1 aliphatic heterocycles. The molecule has 5 nitrogen and oxygen atoms in total. The number of para-hydroxylation sites is 1. The van der Waals surface area contributed by atoms with E-state index in [9.17, 15) is 9.59 Å². The van der Waals surface area contributed by atoms with E-state index in [0.29, 0.717) is 0 Å². The second-order valence-electron chi connectivity index (χ2n) is 3.60. The second kappa shape index (κ2) is 5.09. The number of benzene rings is 1. The fraction of sp³-hybridized carbons (Fsp3) is 0.273. The van der Waals surface area contributed by atoms with Crippen LogP contribution in [0.25, 0.3) is 0 Å². The molecule has 0 aromatic heterocycles. The lowest BCUT2D eigenvalue weighted by Crippen LogP contribution is -2.35. The monoisotopic (exact) mass is 252 g/mol. The summed E-state index contributed by atoms with van der Waals surface area (Å²) in [6, 6.07) is 7.76. The molecule has 0 bridgehead atoms. The first kappa shape index (κ1) is 11.8. The van der Waals surface area contributed by atoms with Crippen molar-refractivity contribution in [3.63, 3.8) is 0 Å². The Hall–Kier alpha value is -1.69. The summed E-state index contributed by atoms with van der Waals surface area (Å²) in [4.78, 5) is 22.8. The van der Waals surface area contributed by atoms with Gasteiger partial charge in [-0.15, -0.1) is 0 Å². The Morgan fingerprint density at radius 1 is 1.35 bits per heavy atom. The minimum atomic E-state index is -0.963. The minimum absolute atomic E-state index is 0.00438. The van der Waals surface area contributed by atoms with Gasteiger partial charge in [-0.1, -0.05) is 23.9 Å². The zero-order valence-corrected chi connectivity index (χ0v) is 9.79. The van der Waals surface area contributed by atoms with Gasteiger partial charge in [-0.2, -0.15) is 0 Å². The summed E-state index contributed by atoms with van der Waals surface area (Å²) in [7, 11) is 0. The van der Waals surface area contributed by atoms with Gasteiger partial charge in [0.2, 0.25) is 5.91 Å². The number of carbonyl (C=O) groups excluding carboxylic acids is 1. The molecule has 0 aliphatic carbocycles. The Kier molecular flexibility index (Phi) is 3.53. The van der Waals surface area contributed by atoms with Crippen molar-refractivity contribution in [1.29, 1.82) is 0 Å². The summed E-state index contributed by atoms with van der Waals surface area (Å²) in [5.74, 6) is -1.22. The normalized spacial score (nSPS) is 17.1. The van der Waals surface area contributed by atoms with E-state index in [-0.39, 0.29) is 24.2 Å². The van der Waals surface area contributed by atoms with Gasteiger partial charge >= 0.3 is 5.97 Å². The first-order valence-electron chi connectivity index (χ1n) is 5.18. The summed E-state index contributed by atoms with van der Waals surface area (Å²) in [6.07, 6.45) is -0.138.